The number of aliphatic carboxylic acids is 1. The van der Waals surface area contributed by atoms with Gasteiger partial charge in [-0.15, -0.1) is 0 Å². The van der Waals surface area contributed by atoms with Crippen LogP contribution in [-0.2, 0) is 16.1 Å². The number of halogens is 1. The minimum Gasteiger partial charge on any atom is -0.480 e. The van der Waals surface area contributed by atoms with Gasteiger partial charge in [0.15, 0.2) is 0 Å². The number of carbonyl (C=O) groups is 2. The van der Waals surface area contributed by atoms with Crippen LogP contribution in [0.3, 0.4) is 0 Å². The molecule has 1 amide bonds. The van der Waals surface area contributed by atoms with Gasteiger partial charge in [0.05, 0.1) is 12.1 Å². The van der Waals surface area contributed by atoms with Gasteiger partial charge in [-0.1, -0.05) is 6.07 Å². The number of benzene rings is 1. The number of rotatable bonds is 4. The molecule has 0 aliphatic heterocycles. The molecule has 19 heavy (non-hydrogen) atoms. The van der Waals surface area contributed by atoms with Gasteiger partial charge in [-0.25, -0.2) is 9.18 Å². The van der Waals surface area contributed by atoms with E-state index >= 15 is 0 Å². The number of carboxylic acid groups (broad SMARTS) is 1. The maximum absolute atomic E-state index is 13.5. The van der Waals surface area contributed by atoms with Gasteiger partial charge < -0.3 is 15.0 Å². The number of nitrogens with zero attached hydrogens (tertiary/aromatic N) is 1. The third kappa shape index (κ3) is 2.73. The SMILES string of the molecule is CC(=O)NC(Cn1ccc2c(F)cccc21)C(=O)O. The van der Waals surface area contributed by atoms with Crippen LogP contribution in [0.4, 0.5) is 4.39 Å². The third-order valence-electron chi connectivity index (χ3n) is 2.82. The first-order valence-corrected chi connectivity index (χ1v) is 5.72. The molecule has 2 N–H and O–H groups in total. The molecule has 0 spiro atoms. The van der Waals surface area contributed by atoms with E-state index in [2.05, 4.69) is 5.32 Å². The number of hydrogen-bond acceptors (Lipinski definition) is 2. The van der Waals surface area contributed by atoms with Crippen LogP contribution in [0.1, 0.15) is 6.92 Å². The van der Waals surface area contributed by atoms with Gasteiger partial charge >= 0.3 is 5.97 Å². The Balaban J connectivity index is 2.31. The summed E-state index contributed by atoms with van der Waals surface area (Å²) in [5.74, 6) is -1.91. The summed E-state index contributed by atoms with van der Waals surface area (Å²) in [4.78, 5) is 22.0. The van der Waals surface area contributed by atoms with Crippen molar-refractivity contribution in [3.63, 3.8) is 0 Å². The molecule has 2 rings (SSSR count). The van der Waals surface area contributed by atoms with Crippen molar-refractivity contribution in [3.8, 4) is 0 Å². The fourth-order valence-corrected chi connectivity index (χ4v) is 1.97. The summed E-state index contributed by atoms with van der Waals surface area (Å²) in [6, 6.07) is 5.14. The number of aromatic nitrogens is 1. The lowest BCUT2D eigenvalue weighted by Gasteiger charge is -2.14. The predicted molar refractivity (Wildman–Crippen MR) is 67.1 cm³/mol. The Labute approximate surface area is 108 Å². The van der Waals surface area contributed by atoms with Gasteiger partial charge in [0.2, 0.25) is 5.91 Å². The molecular weight excluding hydrogens is 251 g/mol. The average Bonchev–Trinajstić information content (AvgIpc) is 2.72. The Morgan fingerprint density at radius 1 is 1.42 bits per heavy atom. The van der Waals surface area contributed by atoms with Gasteiger partial charge in [0, 0.05) is 18.5 Å². The van der Waals surface area contributed by atoms with Crippen LogP contribution < -0.4 is 5.32 Å². The van der Waals surface area contributed by atoms with Crippen LogP contribution in [0.5, 0.6) is 0 Å². The van der Waals surface area contributed by atoms with E-state index in [-0.39, 0.29) is 12.4 Å². The topological polar surface area (TPSA) is 71.3 Å². The molecule has 0 saturated heterocycles. The highest BCUT2D eigenvalue weighted by Gasteiger charge is 2.19. The summed E-state index contributed by atoms with van der Waals surface area (Å²) < 4.78 is 15.1. The number of carbonyl (C=O) groups excluding carboxylic acids is 1. The van der Waals surface area contributed by atoms with Gasteiger partial charge in [-0.3, -0.25) is 4.79 Å². The van der Waals surface area contributed by atoms with Crippen LogP contribution in [-0.4, -0.2) is 27.6 Å². The lowest BCUT2D eigenvalue weighted by atomic mass is 10.2. The van der Waals surface area contributed by atoms with Gasteiger partial charge in [-0.2, -0.15) is 0 Å². The van der Waals surface area contributed by atoms with E-state index in [9.17, 15) is 14.0 Å². The number of carboxylic acids is 1. The predicted octanol–water partition coefficient (Wildman–Crippen LogP) is 1.37. The molecule has 1 aromatic heterocycles. The van der Waals surface area contributed by atoms with Crippen molar-refractivity contribution in [2.24, 2.45) is 0 Å². The van der Waals surface area contributed by atoms with Gasteiger partial charge in [0.25, 0.3) is 0 Å². The molecule has 0 bridgehead atoms. The van der Waals surface area contributed by atoms with E-state index in [1.807, 2.05) is 0 Å². The number of fused-ring (bicyclic) bond motifs is 1. The largest absolute Gasteiger partial charge is 0.480 e. The molecular formula is C13H13FN2O3. The molecule has 5 nitrogen and oxygen atoms in total. The Bertz CT molecular complexity index is 636. The average molecular weight is 264 g/mol. The standard InChI is InChI=1S/C13H13FN2O3/c1-8(17)15-11(13(18)19)7-16-6-5-9-10(14)3-2-4-12(9)16/h2-6,11H,7H2,1H3,(H,15,17)(H,18,19). The highest BCUT2D eigenvalue weighted by Crippen LogP contribution is 2.19. The molecule has 1 atom stereocenters. The molecule has 0 aliphatic rings. The van der Waals surface area contributed by atoms with Crippen molar-refractivity contribution in [3.05, 3.63) is 36.3 Å². The Morgan fingerprint density at radius 2 is 2.16 bits per heavy atom. The summed E-state index contributed by atoms with van der Waals surface area (Å²) in [6.45, 7) is 1.30. The fourth-order valence-electron chi connectivity index (χ4n) is 1.97. The van der Waals surface area contributed by atoms with Crippen LogP contribution in [0.15, 0.2) is 30.5 Å². The smallest absolute Gasteiger partial charge is 0.328 e. The number of nitrogens with one attached hydrogen (secondary N) is 1. The molecule has 1 aromatic carbocycles. The zero-order chi connectivity index (χ0) is 14.0. The normalized spacial score (nSPS) is 12.3. The maximum atomic E-state index is 13.5. The van der Waals surface area contributed by atoms with Crippen LogP contribution in [0.2, 0.25) is 0 Å². The van der Waals surface area contributed by atoms with Gasteiger partial charge in [0.1, 0.15) is 11.9 Å². The summed E-state index contributed by atoms with van der Waals surface area (Å²) >= 11 is 0. The van der Waals surface area contributed by atoms with E-state index in [0.717, 1.165) is 0 Å². The van der Waals surface area contributed by atoms with E-state index in [1.54, 1.807) is 29.0 Å². The minimum absolute atomic E-state index is 0.0435. The van der Waals surface area contributed by atoms with Crippen molar-refractivity contribution >= 4 is 22.8 Å². The van der Waals surface area contributed by atoms with Crippen molar-refractivity contribution < 1.29 is 19.1 Å². The molecule has 0 fully saturated rings. The lowest BCUT2D eigenvalue weighted by Crippen LogP contribution is -2.42. The first-order chi connectivity index (χ1) is 8.99. The van der Waals surface area contributed by atoms with Crippen molar-refractivity contribution in [1.82, 2.24) is 9.88 Å². The summed E-state index contributed by atoms with van der Waals surface area (Å²) in [5, 5.41) is 11.8. The molecule has 2 aromatic rings. The quantitative estimate of drug-likeness (QED) is 0.876. The molecule has 0 radical (unpaired) electrons. The van der Waals surface area contributed by atoms with E-state index in [1.165, 1.54) is 13.0 Å². The van der Waals surface area contributed by atoms with Crippen molar-refractivity contribution in [1.29, 1.82) is 0 Å². The zero-order valence-corrected chi connectivity index (χ0v) is 10.3. The molecule has 1 heterocycles. The second-order valence-electron chi connectivity index (χ2n) is 4.23. The van der Waals surface area contributed by atoms with Crippen LogP contribution >= 0.6 is 0 Å². The Kier molecular flexibility index (Phi) is 3.50. The summed E-state index contributed by atoms with van der Waals surface area (Å²) in [6.07, 6.45) is 1.60. The van der Waals surface area contributed by atoms with Crippen LogP contribution in [0.25, 0.3) is 10.9 Å². The van der Waals surface area contributed by atoms with E-state index in [0.29, 0.717) is 10.9 Å². The zero-order valence-electron chi connectivity index (χ0n) is 10.3. The highest BCUT2D eigenvalue weighted by molar-refractivity contribution is 5.83. The number of amides is 1. The van der Waals surface area contributed by atoms with E-state index < -0.39 is 17.9 Å². The molecule has 0 aliphatic carbocycles. The monoisotopic (exact) mass is 264 g/mol. The summed E-state index contributed by atoms with van der Waals surface area (Å²) in [7, 11) is 0. The third-order valence-corrected chi connectivity index (χ3v) is 2.82. The first-order valence-electron chi connectivity index (χ1n) is 5.72. The molecule has 1 unspecified atom stereocenters. The van der Waals surface area contributed by atoms with Crippen molar-refractivity contribution in [2.45, 2.75) is 19.5 Å². The second-order valence-corrected chi connectivity index (χ2v) is 4.23. The lowest BCUT2D eigenvalue weighted by molar-refractivity contribution is -0.141. The minimum atomic E-state index is -1.13. The highest BCUT2D eigenvalue weighted by atomic mass is 19.1. The maximum Gasteiger partial charge on any atom is 0.328 e. The van der Waals surface area contributed by atoms with Crippen LogP contribution in [0, 0.1) is 5.82 Å². The van der Waals surface area contributed by atoms with Gasteiger partial charge in [-0.05, 0) is 18.2 Å². The van der Waals surface area contributed by atoms with E-state index in [4.69, 9.17) is 5.11 Å². The molecule has 100 valence electrons. The fraction of sp³-hybridized carbons (Fsp3) is 0.231. The first kappa shape index (κ1) is 13.1. The summed E-state index contributed by atoms with van der Waals surface area (Å²) in [5.41, 5.74) is 0.594. The van der Waals surface area contributed by atoms with Crippen molar-refractivity contribution in [2.75, 3.05) is 0 Å². The molecule has 6 heteroatoms. The number of hydrogen-bond donors (Lipinski definition) is 2. The second kappa shape index (κ2) is 5.09. The Morgan fingerprint density at radius 3 is 2.79 bits per heavy atom. The Hall–Kier alpha value is -2.37. The molecule has 0 saturated carbocycles.